The fraction of sp³-hybridized carbons (Fsp3) is 0.588. The van der Waals surface area contributed by atoms with E-state index in [2.05, 4.69) is 0 Å². The molecule has 0 aromatic heterocycles. The first-order chi connectivity index (χ1) is 10.8. The second-order valence-electron chi connectivity index (χ2n) is 6.54. The number of hydrogen-bond acceptors (Lipinski definition) is 2. The highest BCUT2D eigenvalue weighted by molar-refractivity contribution is 5.74. The molecular formula is C17H18F4O2. The van der Waals surface area contributed by atoms with Gasteiger partial charge < -0.3 is 4.74 Å². The van der Waals surface area contributed by atoms with Gasteiger partial charge in [0.25, 0.3) is 5.92 Å². The minimum atomic E-state index is -2.82. The van der Waals surface area contributed by atoms with E-state index in [0.29, 0.717) is 5.56 Å². The zero-order valence-corrected chi connectivity index (χ0v) is 12.9. The zero-order valence-electron chi connectivity index (χ0n) is 12.9. The number of esters is 1. The SMILES string of the molecule is COC(=O)[C@H]1C[C@@H]2[C@@H](CCC2(F)F)[C@H]1c1ccc(F)c(F)c1C. The number of fused-ring (bicyclic) bond motifs is 1. The molecule has 4 atom stereocenters. The fourth-order valence-electron chi connectivity index (χ4n) is 4.42. The Morgan fingerprint density at radius 3 is 2.65 bits per heavy atom. The normalized spacial score (nSPS) is 31.9. The summed E-state index contributed by atoms with van der Waals surface area (Å²) in [6, 6.07) is 2.40. The summed E-state index contributed by atoms with van der Waals surface area (Å²) in [6.07, 6.45) is 0.0666. The van der Waals surface area contributed by atoms with Gasteiger partial charge in [-0.05, 0) is 42.9 Å². The van der Waals surface area contributed by atoms with Gasteiger partial charge in [0.2, 0.25) is 0 Å². The van der Waals surface area contributed by atoms with Crippen LogP contribution in [-0.2, 0) is 9.53 Å². The number of ether oxygens (including phenoxy) is 1. The van der Waals surface area contributed by atoms with Crippen molar-refractivity contribution in [1.29, 1.82) is 0 Å². The van der Waals surface area contributed by atoms with Crippen molar-refractivity contribution in [3.63, 3.8) is 0 Å². The summed E-state index contributed by atoms with van der Waals surface area (Å²) in [6.45, 7) is 1.42. The molecule has 1 aromatic rings. The predicted molar refractivity (Wildman–Crippen MR) is 75.1 cm³/mol. The minimum Gasteiger partial charge on any atom is -0.469 e. The molecule has 23 heavy (non-hydrogen) atoms. The van der Waals surface area contributed by atoms with E-state index >= 15 is 0 Å². The van der Waals surface area contributed by atoms with Crippen LogP contribution in [0.1, 0.15) is 36.3 Å². The van der Waals surface area contributed by atoms with Crippen molar-refractivity contribution >= 4 is 5.97 Å². The second kappa shape index (κ2) is 5.49. The van der Waals surface area contributed by atoms with E-state index in [1.807, 2.05) is 0 Å². The van der Waals surface area contributed by atoms with E-state index in [1.54, 1.807) is 0 Å². The Bertz CT molecular complexity index is 644. The molecule has 2 saturated carbocycles. The van der Waals surface area contributed by atoms with Gasteiger partial charge in [-0.1, -0.05) is 6.07 Å². The second-order valence-corrected chi connectivity index (χ2v) is 6.54. The van der Waals surface area contributed by atoms with Crippen LogP contribution >= 0.6 is 0 Å². The number of halogens is 4. The zero-order chi connectivity index (χ0) is 16.9. The largest absolute Gasteiger partial charge is 0.469 e. The first-order valence-corrected chi connectivity index (χ1v) is 7.68. The number of carbonyl (C=O) groups excluding carboxylic acids is 1. The highest BCUT2D eigenvalue weighted by Gasteiger charge is 2.60. The summed E-state index contributed by atoms with van der Waals surface area (Å²) in [5.74, 6) is -7.99. The lowest BCUT2D eigenvalue weighted by Gasteiger charge is -2.25. The summed E-state index contributed by atoms with van der Waals surface area (Å²) in [5.41, 5.74) is 0.518. The van der Waals surface area contributed by atoms with Gasteiger partial charge in [0, 0.05) is 18.3 Å². The van der Waals surface area contributed by atoms with Crippen molar-refractivity contribution in [3.05, 3.63) is 34.9 Å². The van der Waals surface area contributed by atoms with Gasteiger partial charge in [-0.3, -0.25) is 4.79 Å². The number of methoxy groups -OCH3 is 1. The van der Waals surface area contributed by atoms with Crippen molar-refractivity contribution in [2.24, 2.45) is 17.8 Å². The molecule has 0 unspecified atom stereocenters. The maximum absolute atomic E-state index is 14.1. The van der Waals surface area contributed by atoms with E-state index in [4.69, 9.17) is 4.74 Å². The Kier molecular flexibility index (Phi) is 3.89. The van der Waals surface area contributed by atoms with E-state index in [-0.39, 0.29) is 24.8 Å². The summed E-state index contributed by atoms with van der Waals surface area (Å²) < 4.78 is 60.2. The van der Waals surface area contributed by atoms with Crippen molar-refractivity contribution in [3.8, 4) is 0 Å². The standard InChI is InChI=1S/C17H18F4O2/c1-8-9(3-4-13(18)15(8)19)14-10-5-6-17(20,21)12(10)7-11(14)16(22)23-2/h3-4,10-12,14H,5-7H2,1-2H3/t10-,11+,12-,14-/m1/s1. The van der Waals surface area contributed by atoms with Crippen LogP contribution in [0, 0.1) is 36.3 Å². The van der Waals surface area contributed by atoms with Crippen LogP contribution in [-0.4, -0.2) is 19.0 Å². The van der Waals surface area contributed by atoms with Crippen LogP contribution in [0.15, 0.2) is 12.1 Å². The molecule has 3 rings (SSSR count). The third-order valence-corrected chi connectivity index (χ3v) is 5.52. The molecule has 6 heteroatoms. The Morgan fingerprint density at radius 1 is 1.30 bits per heavy atom. The summed E-state index contributed by atoms with van der Waals surface area (Å²) in [7, 11) is 1.21. The molecular weight excluding hydrogens is 312 g/mol. The molecule has 0 N–H and O–H groups in total. The number of alkyl halides is 2. The van der Waals surface area contributed by atoms with Crippen LogP contribution in [0.5, 0.6) is 0 Å². The lowest BCUT2D eigenvalue weighted by atomic mass is 9.80. The third-order valence-electron chi connectivity index (χ3n) is 5.52. The Balaban J connectivity index is 2.07. The average Bonchev–Trinajstić information content (AvgIpc) is 3.03. The molecule has 1 aromatic carbocycles. The molecule has 2 aliphatic carbocycles. The molecule has 0 saturated heterocycles. The molecule has 0 spiro atoms. The van der Waals surface area contributed by atoms with Gasteiger partial charge in [-0.2, -0.15) is 0 Å². The molecule has 2 aliphatic rings. The first-order valence-electron chi connectivity index (χ1n) is 7.68. The van der Waals surface area contributed by atoms with Crippen LogP contribution in [0.2, 0.25) is 0 Å². The molecule has 2 nitrogen and oxygen atoms in total. The molecule has 0 aliphatic heterocycles. The molecule has 0 radical (unpaired) electrons. The molecule has 0 heterocycles. The van der Waals surface area contributed by atoms with Crippen molar-refractivity contribution < 1.29 is 27.1 Å². The number of benzene rings is 1. The summed E-state index contributed by atoms with van der Waals surface area (Å²) >= 11 is 0. The van der Waals surface area contributed by atoms with Crippen LogP contribution in [0.4, 0.5) is 17.6 Å². The van der Waals surface area contributed by atoms with Crippen LogP contribution in [0.3, 0.4) is 0 Å². The van der Waals surface area contributed by atoms with Gasteiger partial charge in [-0.15, -0.1) is 0 Å². The van der Waals surface area contributed by atoms with Gasteiger partial charge in [-0.25, -0.2) is 17.6 Å². The van der Waals surface area contributed by atoms with Gasteiger partial charge >= 0.3 is 5.97 Å². The van der Waals surface area contributed by atoms with E-state index in [1.165, 1.54) is 20.1 Å². The topological polar surface area (TPSA) is 26.3 Å². The Morgan fingerprint density at radius 2 is 2.00 bits per heavy atom. The van der Waals surface area contributed by atoms with E-state index in [0.717, 1.165) is 6.07 Å². The first kappa shape index (κ1) is 16.3. The minimum absolute atomic E-state index is 0.0213. The molecule has 0 bridgehead atoms. The lowest BCUT2D eigenvalue weighted by molar-refractivity contribution is -0.146. The van der Waals surface area contributed by atoms with Crippen molar-refractivity contribution in [2.45, 2.75) is 38.0 Å². The fourth-order valence-corrected chi connectivity index (χ4v) is 4.42. The average molecular weight is 330 g/mol. The van der Waals surface area contributed by atoms with Crippen LogP contribution < -0.4 is 0 Å². The smallest absolute Gasteiger partial charge is 0.309 e. The monoisotopic (exact) mass is 330 g/mol. The van der Waals surface area contributed by atoms with Crippen molar-refractivity contribution in [1.82, 2.24) is 0 Å². The third kappa shape index (κ3) is 2.42. The van der Waals surface area contributed by atoms with Gasteiger partial charge in [0.1, 0.15) is 0 Å². The lowest BCUT2D eigenvalue weighted by Crippen LogP contribution is -2.24. The van der Waals surface area contributed by atoms with Gasteiger partial charge in [0.05, 0.1) is 13.0 Å². The highest BCUT2D eigenvalue weighted by atomic mass is 19.3. The van der Waals surface area contributed by atoms with E-state index in [9.17, 15) is 22.4 Å². The summed E-state index contributed by atoms with van der Waals surface area (Å²) in [5, 5.41) is 0. The quantitative estimate of drug-likeness (QED) is 0.600. The molecule has 126 valence electrons. The van der Waals surface area contributed by atoms with Gasteiger partial charge in [0.15, 0.2) is 11.6 Å². The predicted octanol–water partition coefficient (Wildman–Crippen LogP) is 4.21. The maximum atomic E-state index is 14.1. The Hall–Kier alpha value is -1.59. The maximum Gasteiger partial charge on any atom is 0.309 e. The van der Waals surface area contributed by atoms with Crippen molar-refractivity contribution in [2.75, 3.05) is 7.11 Å². The number of hydrogen-bond donors (Lipinski definition) is 0. The highest BCUT2D eigenvalue weighted by Crippen LogP contribution is 2.60. The molecule has 2 fully saturated rings. The number of carbonyl (C=O) groups is 1. The summed E-state index contributed by atoms with van der Waals surface area (Å²) in [4.78, 5) is 12.1. The number of rotatable bonds is 2. The molecule has 0 amide bonds. The van der Waals surface area contributed by atoms with E-state index < -0.39 is 47.2 Å². The van der Waals surface area contributed by atoms with Crippen LogP contribution in [0.25, 0.3) is 0 Å². The Labute approximate surface area is 131 Å².